The van der Waals surface area contributed by atoms with Gasteiger partial charge < -0.3 is 15.6 Å². The number of benzene rings is 1. The van der Waals surface area contributed by atoms with Crippen molar-refractivity contribution in [1.82, 2.24) is 0 Å². The van der Waals surface area contributed by atoms with Crippen molar-refractivity contribution in [2.75, 3.05) is 7.11 Å². The highest BCUT2D eigenvalue weighted by Gasteiger charge is 2.29. The number of hydrogen-bond acceptors (Lipinski definition) is 3. The number of hydrogen-bond donors (Lipinski definition) is 2. The number of aliphatic hydroxyl groups is 1. The third kappa shape index (κ3) is 3.75. The van der Waals surface area contributed by atoms with E-state index in [1.807, 2.05) is 32.9 Å². The van der Waals surface area contributed by atoms with E-state index in [0.717, 1.165) is 47.9 Å². The number of amides is 1. The summed E-state index contributed by atoms with van der Waals surface area (Å²) in [6, 6.07) is 4.02. The van der Waals surface area contributed by atoms with Crippen molar-refractivity contribution in [2.24, 2.45) is 11.7 Å². The highest BCUT2D eigenvalue weighted by atomic mass is 16.5. The van der Waals surface area contributed by atoms with Gasteiger partial charge in [0.05, 0.1) is 11.7 Å². The van der Waals surface area contributed by atoms with Crippen LogP contribution < -0.4 is 5.73 Å². The molecule has 1 aromatic carbocycles. The van der Waals surface area contributed by atoms with Crippen LogP contribution in [0, 0.1) is 26.7 Å². The molecule has 1 amide bonds. The quantitative estimate of drug-likeness (QED) is 0.658. The zero-order valence-electron chi connectivity index (χ0n) is 14.5. The fourth-order valence-electron chi connectivity index (χ4n) is 3.76. The van der Waals surface area contributed by atoms with Crippen molar-refractivity contribution in [2.45, 2.75) is 52.6 Å². The number of aryl methyl sites for hydroxylation is 3. The van der Waals surface area contributed by atoms with Crippen molar-refractivity contribution < 1.29 is 14.6 Å². The molecule has 0 aromatic heterocycles. The number of nitrogens with two attached hydrogens (primary N) is 1. The smallest absolute Gasteiger partial charge is 0.252 e. The highest BCUT2D eigenvalue weighted by Crippen LogP contribution is 2.35. The topological polar surface area (TPSA) is 72.6 Å². The summed E-state index contributed by atoms with van der Waals surface area (Å²) in [5, 5.41) is 10.8. The Morgan fingerprint density at radius 1 is 1.22 bits per heavy atom. The van der Waals surface area contributed by atoms with Gasteiger partial charge in [-0.15, -0.1) is 0 Å². The minimum atomic E-state index is -0.572. The molecule has 0 heterocycles. The molecule has 23 heavy (non-hydrogen) atoms. The summed E-state index contributed by atoms with van der Waals surface area (Å²) in [6.45, 7) is 5.91. The monoisotopic (exact) mass is 317 g/mol. The molecule has 4 nitrogen and oxygen atoms in total. The molecule has 1 aliphatic carbocycles. The van der Waals surface area contributed by atoms with Crippen LogP contribution in [0.15, 0.2) is 17.9 Å². The van der Waals surface area contributed by atoms with Gasteiger partial charge in [0, 0.05) is 13.0 Å². The molecule has 126 valence electrons. The maximum Gasteiger partial charge on any atom is 0.252 e. The Morgan fingerprint density at radius 2 is 1.83 bits per heavy atom. The number of aliphatic hydroxyl groups excluding tert-OH is 1. The van der Waals surface area contributed by atoms with Gasteiger partial charge in [-0.3, -0.25) is 4.79 Å². The number of methoxy groups -OCH3 is 1. The maximum absolute atomic E-state index is 12.1. The van der Waals surface area contributed by atoms with E-state index in [4.69, 9.17) is 10.5 Å². The van der Waals surface area contributed by atoms with E-state index in [-0.39, 0.29) is 23.4 Å². The van der Waals surface area contributed by atoms with Crippen LogP contribution in [-0.4, -0.2) is 24.2 Å². The first-order valence-electron chi connectivity index (χ1n) is 8.19. The van der Waals surface area contributed by atoms with Crippen molar-refractivity contribution in [3.63, 3.8) is 0 Å². The molecule has 4 heteroatoms. The normalized spacial score (nSPS) is 22.6. The number of rotatable bonds is 4. The molecule has 3 N–H and O–H groups in total. The number of carbonyl (C=O) groups is 1. The molecule has 2 atom stereocenters. The average molecular weight is 317 g/mol. The fraction of sp³-hybridized carbons (Fsp3) is 0.526. The van der Waals surface area contributed by atoms with Crippen LogP contribution in [0.4, 0.5) is 0 Å². The molecule has 0 spiro atoms. The molecule has 1 saturated carbocycles. The Bertz CT molecular complexity index is 610. The summed E-state index contributed by atoms with van der Waals surface area (Å²) < 4.78 is 5.43. The van der Waals surface area contributed by atoms with E-state index in [9.17, 15) is 9.90 Å². The van der Waals surface area contributed by atoms with Crippen molar-refractivity contribution >= 4 is 11.5 Å². The number of carbonyl (C=O) groups excluding carboxylic acids is 1. The lowest BCUT2D eigenvalue weighted by atomic mass is 9.82. The average Bonchev–Trinajstić information content (AvgIpc) is 2.49. The van der Waals surface area contributed by atoms with Crippen molar-refractivity contribution in [3.05, 3.63) is 40.1 Å². The second kappa shape index (κ2) is 7.18. The minimum absolute atomic E-state index is 0.0729. The van der Waals surface area contributed by atoms with Gasteiger partial charge in [0.15, 0.2) is 0 Å². The minimum Gasteiger partial charge on any atom is -0.511 e. The first kappa shape index (κ1) is 17.5. The SMILES string of the molecule is COC1CCCC(/C(O)=C(\C(N)=O)c2c(C)cc(C)cc2C)C1. The number of ether oxygens (including phenoxy) is 1. The third-order valence-corrected chi connectivity index (χ3v) is 4.78. The van der Waals surface area contributed by atoms with E-state index >= 15 is 0 Å². The van der Waals surface area contributed by atoms with Gasteiger partial charge in [-0.25, -0.2) is 0 Å². The zero-order chi connectivity index (χ0) is 17.1. The van der Waals surface area contributed by atoms with Crippen LogP contribution >= 0.6 is 0 Å². The summed E-state index contributed by atoms with van der Waals surface area (Å²) in [6.07, 6.45) is 3.68. The summed E-state index contributed by atoms with van der Waals surface area (Å²) in [7, 11) is 1.69. The fourth-order valence-corrected chi connectivity index (χ4v) is 3.76. The Hall–Kier alpha value is -1.81. The van der Waals surface area contributed by atoms with Crippen LogP contribution in [0.1, 0.15) is 47.9 Å². The lowest BCUT2D eigenvalue weighted by molar-refractivity contribution is -0.112. The van der Waals surface area contributed by atoms with E-state index in [2.05, 4.69) is 0 Å². The van der Waals surface area contributed by atoms with E-state index in [1.165, 1.54) is 0 Å². The lowest BCUT2D eigenvalue weighted by Crippen LogP contribution is -2.26. The molecule has 1 aliphatic rings. The summed E-state index contributed by atoms with van der Waals surface area (Å²) in [5.41, 5.74) is 9.71. The van der Waals surface area contributed by atoms with Crippen LogP contribution in [0.5, 0.6) is 0 Å². The van der Waals surface area contributed by atoms with Crippen LogP contribution in [0.25, 0.3) is 5.57 Å². The predicted octanol–water partition coefficient (Wildman–Crippen LogP) is 3.57. The summed E-state index contributed by atoms with van der Waals surface area (Å²) in [5.74, 6) is -0.525. The van der Waals surface area contributed by atoms with Gasteiger partial charge >= 0.3 is 0 Å². The van der Waals surface area contributed by atoms with Gasteiger partial charge in [0.25, 0.3) is 5.91 Å². The van der Waals surface area contributed by atoms with Crippen LogP contribution in [-0.2, 0) is 9.53 Å². The van der Waals surface area contributed by atoms with E-state index in [1.54, 1.807) is 7.11 Å². The molecule has 2 rings (SSSR count). The lowest BCUT2D eigenvalue weighted by Gasteiger charge is -2.29. The maximum atomic E-state index is 12.1. The molecule has 2 unspecified atom stereocenters. The van der Waals surface area contributed by atoms with E-state index < -0.39 is 5.91 Å². The molecule has 0 bridgehead atoms. The summed E-state index contributed by atoms with van der Waals surface area (Å²) in [4.78, 5) is 12.1. The molecule has 1 fully saturated rings. The standard InChI is InChI=1S/C19H27NO3/c1-11-8-12(2)16(13(3)9-11)17(19(20)22)18(21)14-6-5-7-15(10-14)23-4/h8-9,14-15,21H,5-7,10H2,1-4H3,(H2,20,22)/b18-17+. The molecule has 0 radical (unpaired) electrons. The molecule has 0 aliphatic heterocycles. The van der Waals surface area contributed by atoms with Crippen molar-refractivity contribution in [1.29, 1.82) is 0 Å². The Kier molecular flexibility index (Phi) is 5.47. The van der Waals surface area contributed by atoms with Gasteiger partial charge in [-0.05, 0) is 56.7 Å². The van der Waals surface area contributed by atoms with Crippen molar-refractivity contribution in [3.8, 4) is 0 Å². The number of primary amides is 1. The zero-order valence-corrected chi connectivity index (χ0v) is 14.5. The first-order chi connectivity index (χ1) is 10.8. The Balaban J connectivity index is 2.51. The van der Waals surface area contributed by atoms with Crippen LogP contribution in [0.2, 0.25) is 0 Å². The highest BCUT2D eigenvalue weighted by molar-refractivity contribution is 6.20. The molecule has 0 saturated heterocycles. The second-order valence-corrected chi connectivity index (χ2v) is 6.62. The molecule has 1 aromatic rings. The predicted molar refractivity (Wildman–Crippen MR) is 92.2 cm³/mol. The first-order valence-corrected chi connectivity index (χ1v) is 8.19. The van der Waals surface area contributed by atoms with Gasteiger partial charge in [-0.1, -0.05) is 24.1 Å². The second-order valence-electron chi connectivity index (χ2n) is 6.62. The summed E-state index contributed by atoms with van der Waals surface area (Å²) >= 11 is 0. The number of allylic oxidation sites excluding steroid dienone is 1. The Morgan fingerprint density at radius 3 is 2.35 bits per heavy atom. The van der Waals surface area contributed by atoms with Gasteiger partial charge in [0.1, 0.15) is 5.76 Å². The molecular formula is C19H27NO3. The van der Waals surface area contributed by atoms with Gasteiger partial charge in [0.2, 0.25) is 0 Å². The molecular weight excluding hydrogens is 290 g/mol. The Labute approximate surface area is 138 Å². The van der Waals surface area contributed by atoms with Gasteiger partial charge in [-0.2, -0.15) is 0 Å². The largest absolute Gasteiger partial charge is 0.511 e. The van der Waals surface area contributed by atoms with E-state index in [0.29, 0.717) is 0 Å². The third-order valence-electron chi connectivity index (χ3n) is 4.78. The van der Waals surface area contributed by atoms with Crippen LogP contribution in [0.3, 0.4) is 0 Å².